The van der Waals surface area contributed by atoms with Gasteiger partial charge in [-0.1, -0.05) is 0 Å². The molecule has 0 aromatic carbocycles. The van der Waals surface area contributed by atoms with Crippen molar-refractivity contribution < 1.29 is 13.8 Å². The van der Waals surface area contributed by atoms with Crippen LogP contribution in [-0.2, 0) is 13.8 Å². The van der Waals surface area contributed by atoms with E-state index in [0.717, 1.165) is 0 Å². The summed E-state index contributed by atoms with van der Waals surface area (Å²) in [6.45, 7) is 0.662. The van der Waals surface area contributed by atoms with Crippen molar-refractivity contribution >= 4 is 18.0 Å². The van der Waals surface area contributed by atoms with Crippen molar-refractivity contribution in [3.8, 4) is 0 Å². The van der Waals surface area contributed by atoms with Gasteiger partial charge in [-0.05, 0) is 18.2 Å². The Morgan fingerprint density at radius 1 is 1.70 bits per heavy atom. The van der Waals surface area contributed by atoms with E-state index in [1.807, 2.05) is 0 Å². The van der Waals surface area contributed by atoms with Gasteiger partial charge in [-0.15, -0.1) is 0 Å². The summed E-state index contributed by atoms with van der Waals surface area (Å²) in [4.78, 5) is 0. The molecule has 0 aromatic heterocycles. The maximum Gasteiger partial charge on any atom is 0.287 e. The van der Waals surface area contributed by atoms with Gasteiger partial charge in [0.15, 0.2) is 0 Å². The first-order valence-electron chi connectivity index (χ1n) is 2.90. The molecule has 0 radical (unpaired) electrons. The molecule has 0 aliphatic heterocycles. The second-order valence-electron chi connectivity index (χ2n) is 2.12. The Morgan fingerprint density at radius 3 is 2.50 bits per heavy atom. The van der Waals surface area contributed by atoms with Crippen LogP contribution in [0.1, 0.15) is 6.92 Å². The molecular weight excluding hydrogens is 174 g/mol. The first kappa shape index (κ1) is 10.4. The number of hydrogen-bond acceptors (Lipinski definition) is 3. The van der Waals surface area contributed by atoms with Gasteiger partial charge >= 0.3 is 0 Å². The first-order chi connectivity index (χ1) is 4.45. The highest BCUT2D eigenvalue weighted by molar-refractivity contribution is 7.84. The third kappa shape index (κ3) is 6.56. The molecule has 0 N–H and O–H groups in total. The summed E-state index contributed by atoms with van der Waals surface area (Å²) >= 11 is 5.34. The van der Waals surface area contributed by atoms with Crippen LogP contribution < -0.4 is 0 Å². The minimum absolute atomic E-state index is 0.210. The number of rotatable bonds is 4. The Bertz CT molecular complexity index is 133. The van der Waals surface area contributed by atoms with Gasteiger partial charge in [-0.2, -0.15) is 0 Å². The van der Waals surface area contributed by atoms with Gasteiger partial charge in [0.05, 0.1) is 12.7 Å². The second kappa shape index (κ2) is 4.35. The molecule has 0 rings (SSSR count). The fourth-order valence-corrected chi connectivity index (χ4v) is 1.70. The van der Waals surface area contributed by atoms with Crippen LogP contribution in [0.2, 0.25) is 0 Å². The molecule has 5 heteroatoms. The lowest BCUT2D eigenvalue weighted by Gasteiger charge is -2.12. The molecule has 2 unspecified atom stereocenters. The molecule has 0 saturated heterocycles. The number of ether oxygens (including phenoxy) is 1. The Labute approximate surface area is 65.9 Å². The molecular formula is C5H12ClO3P. The molecule has 3 nitrogen and oxygen atoms in total. The zero-order valence-electron chi connectivity index (χ0n) is 6.33. The molecule has 0 heterocycles. The predicted molar refractivity (Wildman–Crippen MR) is 41.8 cm³/mol. The van der Waals surface area contributed by atoms with Gasteiger partial charge < -0.3 is 9.26 Å². The highest BCUT2D eigenvalue weighted by atomic mass is 35.7. The first-order valence-corrected chi connectivity index (χ1v) is 5.88. The molecule has 0 aliphatic rings. The zero-order valence-corrected chi connectivity index (χ0v) is 7.98. The summed E-state index contributed by atoms with van der Waals surface area (Å²) < 4.78 is 20.4. The molecule has 0 aliphatic carbocycles. The molecule has 0 amide bonds. The average molecular weight is 187 g/mol. The van der Waals surface area contributed by atoms with Crippen LogP contribution in [-0.4, -0.2) is 26.5 Å². The third-order valence-electron chi connectivity index (χ3n) is 0.770. The van der Waals surface area contributed by atoms with E-state index in [0.29, 0.717) is 6.61 Å². The van der Waals surface area contributed by atoms with Gasteiger partial charge in [0.2, 0.25) is 0 Å². The normalized spacial score (nSPS) is 20.0. The summed E-state index contributed by atoms with van der Waals surface area (Å²) in [6.07, 6.45) is -0.210. The molecule has 0 fully saturated rings. The number of halogens is 1. The van der Waals surface area contributed by atoms with E-state index >= 15 is 0 Å². The topological polar surface area (TPSA) is 35.5 Å². The van der Waals surface area contributed by atoms with Crippen LogP contribution in [0.3, 0.4) is 0 Å². The van der Waals surface area contributed by atoms with E-state index in [9.17, 15) is 4.57 Å². The largest absolute Gasteiger partial charge is 0.382 e. The highest BCUT2D eigenvalue weighted by Crippen LogP contribution is 2.49. The quantitative estimate of drug-likeness (QED) is 0.631. The molecule has 10 heavy (non-hydrogen) atoms. The van der Waals surface area contributed by atoms with E-state index in [2.05, 4.69) is 0 Å². The molecule has 62 valence electrons. The fraction of sp³-hybridized carbons (Fsp3) is 1.00. The van der Waals surface area contributed by atoms with Crippen molar-refractivity contribution in [3.05, 3.63) is 0 Å². The van der Waals surface area contributed by atoms with E-state index in [1.54, 1.807) is 14.0 Å². The summed E-state index contributed by atoms with van der Waals surface area (Å²) in [5, 5.41) is 0. The lowest BCUT2D eigenvalue weighted by molar-refractivity contribution is 0.0969. The van der Waals surface area contributed by atoms with Crippen LogP contribution in [0.15, 0.2) is 0 Å². The standard InChI is InChI=1S/C5H12ClO3P/c1-5(4-8-2)9-10(3,6)7/h5H,4H2,1-3H3. The number of hydrogen-bond donors (Lipinski definition) is 0. The van der Waals surface area contributed by atoms with Crippen molar-refractivity contribution in [2.24, 2.45) is 0 Å². The van der Waals surface area contributed by atoms with Gasteiger partial charge in [0.1, 0.15) is 0 Å². The molecule has 0 saturated carbocycles. The summed E-state index contributed by atoms with van der Waals surface area (Å²) in [5.74, 6) is 0. The van der Waals surface area contributed by atoms with Gasteiger partial charge in [0, 0.05) is 13.8 Å². The van der Waals surface area contributed by atoms with E-state index in [-0.39, 0.29) is 6.10 Å². The number of methoxy groups -OCH3 is 1. The second-order valence-corrected chi connectivity index (χ2v) is 5.66. The van der Waals surface area contributed by atoms with Crippen LogP contribution in [0, 0.1) is 0 Å². The molecule has 0 bridgehead atoms. The summed E-state index contributed by atoms with van der Waals surface area (Å²) in [7, 11) is 1.55. The monoisotopic (exact) mass is 186 g/mol. The van der Waals surface area contributed by atoms with Crippen LogP contribution in [0.5, 0.6) is 0 Å². The minimum Gasteiger partial charge on any atom is -0.382 e. The van der Waals surface area contributed by atoms with E-state index in [1.165, 1.54) is 6.66 Å². The smallest absolute Gasteiger partial charge is 0.287 e. The molecule has 0 spiro atoms. The lowest BCUT2D eigenvalue weighted by atomic mass is 10.5. The highest BCUT2D eigenvalue weighted by Gasteiger charge is 2.14. The van der Waals surface area contributed by atoms with Gasteiger partial charge in [0.25, 0.3) is 6.72 Å². The fourth-order valence-electron chi connectivity index (χ4n) is 0.587. The summed E-state index contributed by atoms with van der Waals surface area (Å²) in [5.41, 5.74) is 0. The van der Waals surface area contributed by atoms with Gasteiger partial charge in [-0.3, -0.25) is 4.57 Å². The molecule has 2 atom stereocenters. The van der Waals surface area contributed by atoms with Crippen LogP contribution in [0.4, 0.5) is 0 Å². The van der Waals surface area contributed by atoms with Crippen molar-refractivity contribution in [1.82, 2.24) is 0 Å². The van der Waals surface area contributed by atoms with E-state index < -0.39 is 6.72 Å². The third-order valence-corrected chi connectivity index (χ3v) is 1.75. The zero-order chi connectivity index (χ0) is 8.20. The maximum absolute atomic E-state index is 10.8. The Morgan fingerprint density at radius 2 is 2.20 bits per heavy atom. The van der Waals surface area contributed by atoms with Crippen molar-refractivity contribution in [2.45, 2.75) is 13.0 Å². The van der Waals surface area contributed by atoms with Crippen molar-refractivity contribution in [3.63, 3.8) is 0 Å². The van der Waals surface area contributed by atoms with E-state index in [4.69, 9.17) is 20.5 Å². The average Bonchev–Trinajstić information content (AvgIpc) is 1.59. The Balaban J connectivity index is 3.58. The Hall–Kier alpha value is 0.440. The summed E-state index contributed by atoms with van der Waals surface area (Å²) in [6, 6.07) is 0. The maximum atomic E-state index is 10.8. The Kier molecular flexibility index (Phi) is 4.54. The van der Waals surface area contributed by atoms with Gasteiger partial charge in [-0.25, -0.2) is 0 Å². The SMILES string of the molecule is COCC(C)OP(C)(=O)Cl. The lowest BCUT2D eigenvalue weighted by Crippen LogP contribution is -2.11. The van der Waals surface area contributed by atoms with Crippen LogP contribution >= 0.6 is 18.0 Å². The van der Waals surface area contributed by atoms with Crippen molar-refractivity contribution in [1.29, 1.82) is 0 Å². The molecule has 0 aromatic rings. The van der Waals surface area contributed by atoms with Crippen molar-refractivity contribution in [2.75, 3.05) is 20.4 Å². The predicted octanol–water partition coefficient (Wildman–Crippen LogP) is 2.10. The van der Waals surface area contributed by atoms with Crippen LogP contribution in [0.25, 0.3) is 0 Å². The minimum atomic E-state index is -2.86.